The monoisotopic (exact) mass is 317 g/mol. The number of aryl methyl sites for hydroxylation is 2. The van der Waals surface area contributed by atoms with Gasteiger partial charge in [0.25, 0.3) is 0 Å². The summed E-state index contributed by atoms with van der Waals surface area (Å²) in [5.41, 5.74) is 3.75. The molecule has 4 nitrogen and oxygen atoms in total. The van der Waals surface area contributed by atoms with E-state index >= 15 is 0 Å². The highest BCUT2D eigenvalue weighted by atomic mass is 32.1. The lowest BCUT2D eigenvalue weighted by atomic mass is 10.1. The van der Waals surface area contributed by atoms with Crippen LogP contribution in [0.5, 0.6) is 0 Å². The van der Waals surface area contributed by atoms with Crippen molar-refractivity contribution in [2.24, 2.45) is 0 Å². The highest BCUT2D eigenvalue weighted by Crippen LogP contribution is 2.25. The molecule has 0 aliphatic carbocycles. The van der Waals surface area contributed by atoms with Crippen molar-refractivity contribution in [3.63, 3.8) is 0 Å². The Bertz CT molecular complexity index is 620. The third-order valence-electron chi connectivity index (χ3n) is 3.95. The summed E-state index contributed by atoms with van der Waals surface area (Å²) in [7, 11) is 0. The molecule has 22 heavy (non-hydrogen) atoms. The van der Waals surface area contributed by atoms with Gasteiger partial charge >= 0.3 is 0 Å². The number of nitrogens with one attached hydrogen (secondary N) is 1. The molecular formula is C17H23N3OS. The molecule has 0 bridgehead atoms. The van der Waals surface area contributed by atoms with Gasteiger partial charge in [-0.3, -0.25) is 0 Å². The first-order valence-corrected chi connectivity index (χ1v) is 8.68. The largest absolute Gasteiger partial charge is 0.380 e. The maximum atomic E-state index is 5.43. The smallest absolute Gasteiger partial charge is 0.0925 e. The summed E-state index contributed by atoms with van der Waals surface area (Å²) in [5.74, 6) is 0. The fraction of sp³-hybridized carbons (Fsp3) is 0.471. The molecule has 5 heteroatoms. The first-order chi connectivity index (χ1) is 10.8. The second kappa shape index (κ2) is 7.11. The van der Waals surface area contributed by atoms with Gasteiger partial charge < -0.3 is 15.0 Å². The van der Waals surface area contributed by atoms with Gasteiger partial charge in [-0.15, -0.1) is 11.3 Å². The van der Waals surface area contributed by atoms with E-state index in [1.54, 1.807) is 11.3 Å². The molecule has 0 radical (unpaired) electrons. The second-order valence-corrected chi connectivity index (χ2v) is 6.73. The minimum absolute atomic E-state index is 0.817. The molecule has 3 rings (SSSR count). The number of thiazole rings is 1. The normalized spacial score (nSPS) is 15.1. The lowest BCUT2D eigenvalue weighted by molar-refractivity contribution is 0.122. The summed E-state index contributed by atoms with van der Waals surface area (Å²) in [6, 6.07) is 6.65. The Morgan fingerprint density at radius 1 is 1.32 bits per heavy atom. The van der Waals surface area contributed by atoms with E-state index in [9.17, 15) is 0 Å². The molecule has 0 saturated carbocycles. The molecule has 0 spiro atoms. The number of nitrogens with zero attached hydrogens (tertiary/aromatic N) is 2. The summed E-state index contributed by atoms with van der Waals surface area (Å²) in [5, 5.41) is 4.76. The van der Waals surface area contributed by atoms with Crippen molar-refractivity contribution in [3.8, 4) is 0 Å². The van der Waals surface area contributed by atoms with Crippen molar-refractivity contribution in [1.29, 1.82) is 0 Å². The number of hydrogen-bond donors (Lipinski definition) is 1. The summed E-state index contributed by atoms with van der Waals surface area (Å²) in [6.45, 7) is 8.70. The van der Waals surface area contributed by atoms with Crippen LogP contribution < -0.4 is 10.2 Å². The van der Waals surface area contributed by atoms with Crippen LogP contribution in [0.2, 0.25) is 0 Å². The number of anilines is 2. The minimum Gasteiger partial charge on any atom is -0.380 e. The average molecular weight is 317 g/mol. The molecule has 1 aromatic heterocycles. The first kappa shape index (κ1) is 15.3. The Balaban J connectivity index is 1.69. The van der Waals surface area contributed by atoms with Crippen LogP contribution in [-0.4, -0.2) is 31.3 Å². The van der Waals surface area contributed by atoms with Gasteiger partial charge in [0.1, 0.15) is 0 Å². The van der Waals surface area contributed by atoms with Crippen molar-refractivity contribution in [1.82, 2.24) is 4.98 Å². The predicted molar refractivity (Wildman–Crippen MR) is 93.0 cm³/mol. The van der Waals surface area contributed by atoms with E-state index in [0.717, 1.165) is 39.3 Å². The topological polar surface area (TPSA) is 37.4 Å². The molecule has 1 fully saturated rings. The van der Waals surface area contributed by atoms with Crippen molar-refractivity contribution in [3.05, 3.63) is 39.8 Å². The van der Waals surface area contributed by atoms with Gasteiger partial charge in [-0.25, -0.2) is 4.98 Å². The second-order valence-electron chi connectivity index (χ2n) is 5.53. The summed E-state index contributed by atoms with van der Waals surface area (Å²) in [6.07, 6.45) is 2.99. The number of ether oxygens (including phenoxy) is 1. The molecule has 1 N–H and O–H groups in total. The van der Waals surface area contributed by atoms with Gasteiger partial charge in [0.15, 0.2) is 0 Å². The standard InChI is InChI=1S/C17H23N3OS/c1-3-17-19-12-15(22-17)11-18-16-10-14(5-4-13(16)2)20-6-8-21-9-7-20/h4-5,10,12,18H,3,6-9,11H2,1-2H3. The van der Waals surface area contributed by atoms with Gasteiger partial charge in [0.2, 0.25) is 0 Å². The minimum atomic E-state index is 0.817. The highest BCUT2D eigenvalue weighted by molar-refractivity contribution is 7.11. The molecule has 1 aromatic carbocycles. The summed E-state index contributed by atoms with van der Waals surface area (Å²) < 4.78 is 5.43. The summed E-state index contributed by atoms with van der Waals surface area (Å²) >= 11 is 1.79. The molecule has 2 heterocycles. The third kappa shape index (κ3) is 3.59. The maximum Gasteiger partial charge on any atom is 0.0925 e. The fourth-order valence-corrected chi connectivity index (χ4v) is 3.40. The van der Waals surface area contributed by atoms with E-state index < -0.39 is 0 Å². The maximum absolute atomic E-state index is 5.43. The van der Waals surface area contributed by atoms with Crippen molar-refractivity contribution >= 4 is 22.7 Å². The molecular weight excluding hydrogens is 294 g/mol. The van der Waals surface area contributed by atoms with E-state index in [1.165, 1.54) is 26.8 Å². The number of morpholine rings is 1. The van der Waals surface area contributed by atoms with Crippen LogP contribution in [0.4, 0.5) is 11.4 Å². The van der Waals surface area contributed by atoms with Gasteiger partial charge in [-0.1, -0.05) is 13.0 Å². The van der Waals surface area contributed by atoms with Crippen molar-refractivity contribution in [2.75, 3.05) is 36.5 Å². The first-order valence-electron chi connectivity index (χ1n) is 7.87. The Morgan fingerprint density at radius 2 is 2.14 bits per heavy atom. The van der Waals surface area contributed by atoms with E-state index in [2.05, 4.69) is 47.2 Å². The highest BCUT2D eigenvalue weighted by Gasteiger charge is 2.12. The van der Waals surface area contributed by atoms with E-state index in [-0.39, 0.29) is 0 Å². The molecule has 1 aliphatic rings. The number of benzene rings is 1. The molecule has 0 atom stereocenters. The number of aromatic nitrogens is 1. The molecule has 1 aliphatic heterocycles. The van der Waals surface area contributed by atoms with Crippen LogP contribution in [0.15, 0.2) is 24.4 Å². The zero-order valence-corrected chi connectivity index (χ0v) is 14.1. The SMILES string of the molecule is CCc1ncc(CNc2cc(N3CCOCC3)ccc2C)s1. The zero-order chi connectivity index (χ0) is 15.4. The van der Waals surface area contributed by atoms with E-state index in [4.69, 9.17) is 4.74 Å². The quantitative estimate of drug-likeness (QED) is 0.916. The molecule has 1 saturated heterocycles. The third-order valence-corrected chi connectivity index (χ3v) is 5.10. The van der Waals surface area contributed by atoms with Crippen molar-refractivity contribution in [2.45, 2.75) is 26.8 Å². The van der Waals surface area contributed by atoms with Gasteiger partial charge in [-0.2, -0.15) is 0 Å². The van der Waals surface area contributed by atoms with Crippen LogP contribution in [0.25, 0.3) is 0 Å². The number of rotatable bonds is 5. The van der Waals surface area contributed by atoms with E-state index in [1.807, 2.05) is 6.20 Å². The van der Waals surface area contributed by atoms with E-state index in [0.29, 0.717) is 0 Å². The van der Waals surface area contributed by atoms with Crippen LogP contribution in [0, 0.1) is 6.92 Å². The molecule has 2 aromatic rings. The number of hydrogen-bond acceptors (Lipinski definition) is 5. The zero-order valence-electron chi connectivity index (χ0n) is 13.3. The van der Waals surface area contributed by atoms with Gasteiger partial charge in [0, 0.05) is 35.5 Å². The van der Waals surface area contributed by atoms with Crippen LogP contribution in [-0.2, 0) is 17.7 Å². The Morgan fingerprint density at radius 3 is 2.86 bits per heavy atom. The summed E-state index contributed by atoms with van der Waals surface area (Å²) in [4.78, 5) is 8.09. The van der Waals surface area contributed by atoms with Crippen LogP contribution >= 0.6 is 11.3 Å². The molecule has 118 valence electrons. The lowest BCUT2D eigenvalue weighted by Gasteiger charge is -2.29. The lowest BCUT2D eigenvalue weighted by Crippen LogP contribution is -2.36. The van der Waals surface area contributed by atoms with Gasteiger partial charge in [0.05, 0.1) is 24.8 Å². The predicted octanol–water partition coefficient (Wildman–Crippen LogP) is 3.46. The van der Waals surface area contributed by atoms with Gasteiger partial charge in [-0.05, 0) is 31.0 Å². The van der Waals surface area contributed by atoms with Crippen LogP contribution in [0.3, 0.4) is 0 Å². The average Bonchev–Trinajstić information content (AvgIpc) is 3.03. The van der Waals surface area contributed by atoms with Crippen LogP contribution in [0.1, 0.15) is 22.4 Å². The molecule has 0 unspecified atom stereocenters. The molecule has 0 amide bonds. The Hall–Kier alpha value is -1.59. The fourth-order valence-electron chi connectivity index (χ4n) is 2.59. The Labute approximate surface area is 136 Å². The van der Waals surface area contributed by atoms with Crippen molar-refractivity contribution < 1.29 is 4.74 Å². The Kier molecular flexibility index (Phi) is 4.95.